The Balaban J connectivity index is 2.23. The smallest absolute Gasteiger partial charge is 0.00925 e. The van der Waals surface area contributed by atoms with Crippen LogP contribution in [0.3, 0.4) is 0 Å². The van der Waals surface area contributed by atoms with Crippen molar-refractivity contribution in [1.82, 2.24) is 0 Å². The van der Waals surface area contributed by atoms with E-state index in [0.29, 0.717) is 5.41 Å². The quantitative estimate of drug-likeness (QED) is 0.553. The van der Waals surface area contributed by atoms with Gasteiger partial charge in [0.05, 0.1) is 0 Å². The van der Waals surface area contributed by atoms with E-state index < -0.39 is 0 Å². The minimum Gasteiger partial charge on any atom is -0.0940 e. The van der Waals surface area contributed by atoms with Crippen molar-refractivity contribution in [2.75, 3.05) is 6.16 Å². The minimum absolute atomic E-state index is 0.502. The van der Waals surface area contributed by atoms with Crippen LogP contribution in [0.15, 0.2) is 23.5 Å². The van der Waals surface area contributed by atoms with E-state index in [9.17, 15) is 0 Å². The molecule has 0 saturated heterocycles. The summed E-state index contributed by atoms with van der Waals surface area (Å²) in [5.41, 5.74) is 0.502. The van der Waals surface area contributed by atoms with Gasteiger partial charge >= 0.3 is 0 Å². The van der Waals surface area contributed by atoms with Crippen molar-refractivity contribution in [3.8, 4) is 0 Å². The van der Waals surface area contributed by atoms with Gasteiger partial charge in [-0.05, 0) is 23.3 Å². The number of hydrogen-bond acceptors (Lipinski definition) is 0. The molecule has 0 bridgehead atoms. The molecule has 0 saturated carbocycles. The fourth-order valence-corrected chi connectivity index (χ4v) is 2.19. The van der Waals surface area contributed by atoms with Crippen LogP contribution in [-0.2, 0) is 0 Å². The van der Waals surface area contributed by atoms with E-state index in [0.717, 1.165) is 8.58 Å². The van der Waals surface area contributed by atoms with E-state index in [4.69, 9.17) is 0 Å². The summed E-state index contributed by atoms with van der Waals surface area (Å²) in [6.07, 6.45) is 9.22. The predicted molar refractivity (Wildman–Crippen MR) is 54.5 cm³/mol. The van der Waals surface area contributed by atoms with Crippen LogP contribution in [0.4, 0.5) is 0 Å². The molecule has 0 aromatic carbocycles. The SMILES string of the molecule is CC(C)(C)CPC1=CC=CC1. The highest BCUT2D eigenvalue weighted by atomic mass is 31.1. The maximum absolute atomic E-state index is 2.31. The average Bonchev–Trinajstić information content (AvgIpc) is 2.32. The first-order chi connectivity index (χ1) is 5.08. The summed E-state index contributed by atoms with van der Waals surface area (Å²) in [6.45, 7) is 6.93. The van der Waals surface area contributed by atoms with Gasteiger partial charge in [-0.3, -0.25) is 0 Å². The third kappa shape index (κ3) is 3.72. The van der Waals surface area contributed by atoms with Gasteiger partial charge in [0.1, 0.15) is 0 Å². The highest BCUT2D eigenvalue weighted by Crippen LogP contribution is 2.35. The fraction of sp³-hybridized carbons (Fsp3) is 0.600. The normalized spacial score (nSPS) is 18.3. The molecule has 1 aliphatic carbocycles. The zero-order chi connectivity index (χ0) is 8.32. The molecule has 0 heterocycles. The molecular weight excluding hydrogens is 151 g/mol. The van der Waals surface area contributed by atoms with Crippen molar-refractivity contribution in [2.45, 2.75) is 27.2 Å². The maximum Gasteiger partial charge on any atom is -0.00925 e. The number of rotatable bonds is 2. The molecule has 0 aromatic heterocycles. The molecule has 11 heavy (non-hydrogen) atoms. The summed E-state index contributed by atoms with van der Waals surface area (Å²) >= 11 is 0. The zero-order valence-electron chi connectivity index (χ0n) is 7.65. The van der Waals surface area contributed by atoms with Gasteiger partial charge in [0.2, 0.25) is 0 Å². The van der Waals surface area contributed by atoms with Gasteiger partial charge in [-0.25, -0.2) is 0 Å². The van der Waals surface area contributed by atoms with Crippen LogP contribution < -0.4 is 0 Å². The fourth-order valence-electron chi connectivity index (χ4n) is 0.957. The lowest BCUT2D eigenvalue weighted by molar-refractivity contribution is 0.479. The zero-order valence-corrected chi connectivity index (χ0v) is 8.65. The minimum atomic E-state index is 0.502. The van der Waals surface area contributed by atoms with Gasteiger partial charge < -0.3 is 0 Å². The summed E-state index contributed by atoms with van der Waals surface area (Å²) < 4.78 is 0. The second-order valence-corrected chi connectivity index (χ2v) is 5.59. The Hall–Kier alpha value is -0.0900. The van der Waals surface area contributed by atoms with Crippen LogP contribution in [0.1, 0.15) is 27.2 Å². The van der Waals surface area contributed by atoms with Crippen molar-refractivity contribution < 1.29 is 0 Å². The standard InChI is InChI=1S/C10H17P/c1-10(2,3)8-11-9-6-4-5-7-9/h4-6,11H,7-8H2,1-3H3. The topological polar surface area (TPSA) is 0 Å². The highest BCUT2D eigenvalue weighted by Gasteiger charge is 2.10. The molecule has 1 aliphatic rings. The molecule has 62 valence electrons. The van der Waals surface area contributed by atoms with Gasteiger partial charge in [0.15, 0.2) is 0 Å². The molecular formula is C10H17P. The average molecular weight is 168 g/mol. The number of allylic oxidation sites excluding steroid dienone is 4. The van der Waals surface area contributed by atoms with Crippen molar-refractivity contribution in [2.24, 2.45) is 5.41 Å². The summed E-state index contributed by atoms with van der Waals surface area (Å²) in [4.78, 5) is 0. The van der Waals surface area contributed by atoms with Crippen LogP contribution in [0, 0.1) is 5.41 Å². The molecule has 0 fully saturated rings. The van der Waals surface area contributed by atoms with E-state index in [1.54, 1.807) is 5.31 Å². The summed E-state index contributed by atoms with van der Waals surface area (Å²) in [6, 6.07) is 0. The second kappa shape index (κ2) is 3.54. The molecule has 1 rings (SSSR count). The van der Waals surface area contributed by atoms with Gasteiger partial charge in [0, 0.05) is 0 Å². The van der Waals surface area contributed by atoms with Gasteiger partial charge in [-0.15, -0.1) is 0 Å². The largest absolute Gasteiger partial charge is 0.0940 e. The Morgan fingerprint density at radius 1 is 1.45 bits per heavy atom. The molecule has 0 amide bonds. The molecule has 0 spiro atoms. The van der Waals surface area contributed by atoms with Gasteiger partial charge in [-0.2, -0.15) is 0 Å². The van der Waals surface area contributed by atoms with Crippen molar-refractivity contribution in [3.63, 3.8) is 0 Å². The first kappa shape index (κ1) is 9.00. The predicted octanol–water partition coefficient (Wildman–Crippen LogP) is 3.55. The monoisotopic (exact) mass is 168 g/mol. The second-order valence-electron chi connectivity index (χ2n) is 4.24. The lowest BCUT2D eigenvalue weighted by Crippen LogP contribution is -2.06. The Bertz CT molecular complexity index is 182. The first-order valence-corrected chi connectivity index (χ1v) is 5.38. The lowest BCUT2D eigenvalue weighted by atomic mass is 10.0. The molecule has 1 unspecified atom stereocenters. The lowest BCUT2D eigenvalue weighted by Gasteiger charge is -2.17. The van der Waals surface area contributed by atoms with E-state index in [1.165, 1.54) is 12.6 Å². The van der Waals surface area contributed by atoms with Crippen LogP contribution in [-0.4, -0.2) is 6.16 Å². The Kier molecular flexibility index (Phi) is 2.90. The van der Waals surface area contributed by atoms with E-state index in [2.05, 4.69) is 39.0 Å². The Morgan fingerprint density at radius 3 is 2.64 bits per heavy atom. The molecule has 0 nitrogen and oxygen atoms in total. The van der Waals surface area contributed by atoms with Crippen LogP contribution >= 0.6 is 8.58 Å². The summed E-state index contributed by atoms with van der Waals surface area (Å²) in [7, 11) is 1.04. The van der Waals surface area contributed by atoms with Crippen LogP contribution in [0.5, 0.6) is 0 Å². The van der Waals surface area contributed by atoms with Crippen molar-refractivity contribution in [1.29, 1.82) is 0 Å². The molecule has 0 radical (unpaired) electrons. The van der Waals surface area contributed by atoms with Crippen molar-refractivity contribution in [3.05, 3.63) is 23.5 Å². The molecule has 1 atom stereocenters. The van der Waals surface area contributed by atoms with Gasteiger partial charge in [0.25, 0.3) is 0 Å². The summed E-state index contributed by atoms with van der Waals surface area (Å²) in [5.74, 6) is 0. The van der Waals surface area contributed by atoms with Crippen LogP contribution in [0.2, 0.25) is 0 Å². The van der Waals surface area contributed by atoms with Gasteiger partial charge in [-0.1, -0.05) is 47.6 Å². The summed E-state index contributed by atoms with van der Waals surface area (Å²) in [5, 5.41) is 1.62. The molecule has 1 heteroatoms. The van der Waals surface area contributed by atoms with E-state index in [-0.39, 0.29) is 0 Å². The molecule has 0 N–H and O–H groups in total. The Labute approximate surface area is 71.6 Å². The highest BCUT2D eigenvalue weighted by molar-refractivity contribution is 7.43. The third-order valence-corrected chi connectivity index (χ3v) is 3.68. The number of hydrogen-bond donors (Lipinski definition) is 0. The van der Waals surface area contributed by atoms with E-state index in [1.807, 2.05) is 0 Å². The van der Waals surface area contributed by atoms with Crippen molar-refractivity contribution >= 4 is 8.58 Å². The first-order valence-electron chi connectivity index (χ1n) is 4.17. The molecule has 0 aliphatic heterocycles. The maximum atomic E-state index is 2.31. The third-order valence-electron chi connectivity index (χ3n) is 1.62. The van der Waals surface area contributed by atoms with Crippen LogP contribution in [0.25, 0.3) is 0 Å². The van der Waals surface area contributed by atoms with E-state index >= 15 is 0 Å². The Morgan fingerprint density at radius 2 is 2.18 bits per heavy atom. The molecule has 0 aromatic rings.